The maximum absolute atomic E-state index is 13.3. The lowest BCUT2D eigenvalue weighted by Crippen LogP contribution is -2.59. The van der Waals surface area contributed by atoms with Gasteiger partial charge in [0.2, 0.25) is 0 Å². The fraction of sp³-hybridized carbons (Fsp3) is 0.917. The summed E-state index contributed by atoms with van der Waals surface area (Å²) in [6.45, 7) is 0. The van der Waals surface area contributed by atoms with Gasteiger partial charge in [0.05, 0.1) is 6.10 Å². The summed E-state index contributed by atoms with van der Waals surface area (Å²) in [6.07, 6.45) is 1.94. The molecule has 0 aromatic rings. The maximum Gasteiger partial charge on any atom is 0.465 e. The van der Waals surface area contributed by atoms with Crippen molar-refractivity contribution in [1.29, 1.82) is 0 Å². The molecule has 0 aromatic heterocycles. The van der Waals surface area contributed by atoms with Gasteiger partial charge in [-0.25, -0.2) is 4.79 Å². The van der Waals surface area contributed by atoms with Crippen molar-refractivity contribution in [3.63, 3.8) is 0 Å². The standard InChI is InChI=1S/C12H16F2O6S/c13-12(14,21(17,18)19)10(16)20-11-3-6-1-7(4-11)9(15)8(2-6)5-11/h6-9,15H,1-5H2,(H,17,18,19). The molecule has 4 aliphatic rings. The summed E-state index contributed by atoms with van der Waals surface area (Å²) < 4.78 is 61.1. The van der Waals surface area contributed by atoms with E-state index >= 15 is 0 Å². The van der Waals surface area contributed by atoms with Crippen LogP contribution in [-0.2, 0) is 19.6 Å². The smallest absolute Gasteiger partial charge is 0.454 e. The van der Waals surface area contributed by atoms with Crippen LogP contribution in [0.25, 0.3) is 0 Å². The largest absolute Gasteiger partial charge is 0.465 e. The van der Waals surface area contributed by atoms with Crippen molar-refractivity contribution < 1.29 is 36.4 Å². The van der Waals surface area contributed by atoms with Crippen LogP contribution in [0.1, 0.15) is 32.1 Å². The molecule has 6 nitrogen and oxygen atoms in total. The molecule has 2 N–H and O–H groups in total. The van der Waals surface area contributed by atoms with Crippen molar-refractivity contribution >= 4 is 16.1 Å². The zero-order chi connectivity index (χ0) is 15.6. The molecule has 0 amide bonds. The second-order valence-corrected chi connectivity index (χ2v) is 7.99. The van der Waals surface area contributed by atoms with Crippen molar-refractivity contribution in [1.82, 2.24) is 0 Å². The van der Waals surface area contributed by atoms with Gasteiger partial charge in [0, 0.05) is 0 Å². The van der Waals surface area contributed by atoms with E-state index in [4.69, 9.17) is 9.29 Å². The van der Waals surface area contributed by atoms with Crippen LogP contribution in [0, 0.1) is 17.8 Å². The monoisotopic (exact) mass is 326 g/mol. The highest BCUT2D eigenvalue weighted by molar-refractivity contribution is 7.87. The van der Waals surface area contributed by atoms with Gasteiger partial charge in [0.1, 0.15) is 5.60 Å². The van der Waals surface area contributed by atoms with Crippen molar-refractivity contribution in [2.45, 2.75) is 49.1 Å². The molecule has 9 heteroatoms. The second kappa shape index (κ2) is 4.36. The van der Waals surface area contributed by atoms with Gasteiger partial charge in [-0.05, 0) is 49.9 Å². The Bertz CT molecular complexity index is 558. The van der Waals surface area contributed by atoms with Crippen molar-refractivity contribution in [3.8, 4) is 0 Å². The summed E-state index contributed by atoms with van der Waals surface area (Å²) in [5.41, 5.74) is -1.14. The zero-order valence-electron chi connectivity index (χ0n) is 11.0. The molecule has 4 saturated carbocycles. The van der Waals surface area contributed by atoms with Crippen LogP contribution in [0.2, 0.25) is 0 Å². The van der Waals surface area contributed by atoms with Gasteiger partial charge in [-0.3, -0.25) is 4.55 Å². The molecule has 0 heterocycles. The summed E-state index contributed by atoms with van der Waals surface area (Å²) >= 11 is 0. The highest BCUT2D eigenvalue weighted by Gasteiger charge is 2.61. The SMILES string of the molecule is O=C(OC12CC3CC(C1)C(O)C(C3)C2)C(F)(F)S(=O)(=O)O. The molecule has 4 fully saturated rings. The molecule has 0 spiro atoms. The lowest BCUT2D eigenvalue weighted by molar-refractivity contribution is -0.217. The Morgan fingerprint density at radius 1 is 1.19 bits per heavy atom. The van der Waals surface area contributed by atoms with E-state index in [0.29, 0.717) is 6.42 Å². The summed E-state index contributed by atoms with van der Waals surface area (Å²) in [5, 5.41) is 5.08. The molecule has 0 radical (unpaired) electrons. The average molecular weight is 326 g/mol. The first-order chi connectivity index (χ1) is 9.54. The third-order valence-corrected chi connectivity index (χ3v) is 5.85. The Morgan fingerprint density at radius 3 is 2.19 bits per heavy atom. The predicted molar refractivity (Wildman–Crippen MR) is 64.9 cm³/mol. The number of halogens is 2. The average Bonchev–Trinajstić information content (AvgIpc) is 2.32. The second-order valence-electron chi connectivity index (χ2n) is 6.52. The number of esters is 1. The molecule has 120 valence electrons. The van der Waals surface area contributed by atoms with Crippen LogP contribution in [0.3, 0.4) is 0 Å². The fourth-order valence-electron chi connectivity index (χ4n) is 4.41. The topological polar surface area (TPSA) is 101 Å². The first-order valence-corrected chi connectivity index (χ1v) is 8.24. The Kier molecular flexibility index (Phi) is 3.14. The molecule has 2 unspecified atom stereocenters. The number of aliphatic hydroxyl groups is 1. The lowest BCUT2D eigenvalue weighted by atomic mass is 9.53. The number of alkyl halides is 2. The number of carbonyl (C=O) groups is 1. The summed E-state index contributed by atoms with van der Waals surface area (Å²) in [5.74, 6) is -2.26. The van der Waals surface area contributed by atoms with Crippen LogP contribution >= 0.6 is 0 Å². The van der Waals surface area contributed by atoms with E-state index in [1.165, 1.54) is 0 Å². The van der Waals surface area contributed by atoms with Crippen LogP contribution in [-0.4, -0.2) is 41.0 Å². The first-order valence-electron chi connectivity index (χ1n) is 6.80. The lowest BCUT2D eigenvalue weighted by Gasteiger charge is -2.57. The number of rotatable bonds is 3. The van der Waals surface area contributed by atoms with Crippen LogP contribution in [0.5, 0.6) is 0 Å². The Morgan fingerprint density at radius 2 is 1.71 bits per heavy atom. The third-order valence-electron chi connectivity index (χ3n) is 5.04. The van der Waals surface area contributed by atoms with Crippen molar-refractivity contribution in [3.05, 3.63) is 0 Å². The highest BCUT2D eigenvalue weighted by atomic mass is 32.2. The number of hydrogen-bond donors (Lipinski definition) is 2. The van der Waals surface area contributed by atoms with Gasteiger partial charge in [-0.2, -0.15) is 17.2 Å². The summed E-state index contributed by atoms with van der Waals surface area (Å²) in [6, 6.07) is 0. The minimum atomic E-state index is -5.85. The Labute approximate surface area is 120 Å². The zero-order valence-corrected chi connectivity index (χ0v) is 11.9. The van der Waals surface area contributed by atoms with Gasteiger partial charge < -0.3 is 9.84 Å². The number of ether oxygens (including phenoxy) is 1. The van der Waals surface area contributed by atoms with Gasteiger partial charge in [-0.15, -0.1) is 0 Å². The highest BCUT2D eigenvalue weighted by Crippen LogP contribution is 2.57. The maximum atomic E-state index is 13.3. The molecular weight excluding hydrogens is 310 g/mol. The van der Waals surface area contributed by atoms with E-state index in [1.807, 2.05) is 0 Å². The Balaban J connectivity index is 1.81. The normalized spacial score (nSPS) is 42.1. The van der Waals surface area contributed by atoms with E-state index in [1.54, 1.807) is 0 Å². The molecule has 4 aliphatic carbocycles. The summed E-state index contributed by atoms with van der Waals surface area (Å²) in [7, 11) is -5.85. The Hall–Kier alpha value is -0.800. The van der Waals surface area contributed by atoms with Crippen LogP contribution in [0.15, 0.2) is 0 Å². The van der Waals surface area contributed by atoms with E-state index in [9.17, 15) is 27.1 Å². The van der Waals surface area contributed by atoms with Gasteiger partial charge in [-0.1, -0.05) is 0 Å². The first kappa shape index (κ1) is 15.1. The number of aliphatic hydroxyl groups excluding tert-OH is 1. The van der Waals surface area contributed by atoms with Crippen LogP contribution in [0.4, 0.5) is 8.78 Å². The quantitative estimate of drug-likeness (QED) is 0.591. The van der Waals surface area contributed by atoms with Gasteiger partial charge >= 0.3 is 21.3 Å². The van der Waals surface area contributed by atoms with Crippen LogP contribution < -0.4 is 0 Å². The minimum absolute atomic E-state index is 0.108. The number of carbonyl (C=O) groups excluding carboxylic acids is 1. The van der Waals surface area contributed by atoms with Gasteiger partial charge in [0.25, 0.3) is 0 Å². The molecule has 21 heavy (non-hydrogen) atoms. The molecule has 0 saturated heterocycles. The van der Waals surface area contributed by atoms with E-state index in [0.717, 1.165) is 12.8 Å². The van der Waals surface area contributed by atoms with E-state index in [-0.39, 0.29) is 30.6 Å². The molecular formula is C12H16F2O6S. The predicted octanol–water partition coefficient (Wildman–Crippen LogP) is 0.950. The van der Waals surface area contributed by atoms with Crippen molar-refractivity contribution in [2.75, 3.05) is 0 Å². The summed E-state index contributed by atoms with van der Waals surface area (Å²) in [4.78, 5) is 11.5. The van der Waals surface area contributed by atoms with E-state index in [2.05, 4.69) is 0 Å². The minimum Gasteiger partial charge on any atom is -0.454 e. The molecule has 0 aromatic carbocycles. The molecule has 4 rings (SSSR count). The molecule has 2 atom stereocenters. The third kappa shape index (κ3) is 2.25. The van der Waals surface area contributed by atoms with Crippen molar-refractivity contribution in [2.24, 2.45) is 17.8 Å². The fourth-order valence-corrected chi connectivity index (χ4v) is 4.66. The van der Waals surface area contributed by atoms with E-state index < -0.39 is 33.0 Å². The molecule has 0 aliphatic heterocycles. The van der Waals surface area contributed by atoms with Gasteiger partial charge in [0.15, 0.2) is 0 Å². The number of hydrogen-bond acceptors (Lipinski definition) is 5. The molecule has 4 bridgehead atoms.